The maximum absolute atomic E-state index is 2.28. The van der Waals surface area contributed by atoms with E-state index in [2.05, 4.69) is 67.6 Å². The minimum Gasteiger partial charge on any atom is -0.0766 e. The van der Waals surface area contributed by atoms with Crippen LogP contribution < -0.4 is 0 Å². The Labute approximate surface area is 97.3 Å². The number of hydrogen-bond acceptors (Lipinski definition) is 0. The SMILES string of the molecule is CC(=CCc1ccccc1)c1ccccc1. The molecule has 80 valence electrons. The first-order valence-electron chi connectivity index (χ1n) is 5.62. The van der Waals surface area contributed by atoms with Crippen LogP contribution >= 0.6 is 0 Å². The molecular formula is C16H16. The van der Waals surface area contributed by atoms with Crippen molar-refractivity contribution in [1.29, 1.82) is 0 Å². The van der Waals surface area contributed by atoms with E-state index in [9.17, 15) is 0 Å². The molecule has 2 aromatic carbocycles. The van der Waals surface area contributed by atoms with Crippen LogP contribution in [0.3, 0.4) is 0 Å². The fourth-order valence-corrected chi connectivity index (χ4v) is 1.70. The van der Waals surface area contributed by atoms with Crippen molar-refractivity contribution < 1.29 is 0 Å². The van der Waals surface area contributed by atoms with Gasteiger partial charge < -0.3 is 0 Å². The van der Waals surface area contributed by atoms with Crippen molar-refractivity contribution in [3.63, 3.8) is 0 Å². The van der Waals surface area contributed by atoms with Gasteiger partial charge in [-0.25, -0.2) is 0 Å². The molecule has 2 aromatic rings. The minimum atomic E-state index is 1.00. The van der Waals surface area contributed by atoms with Crippen LogP contribution in [0.1, 0.15) is 18.1 Å². The lowest BCUT2D eigenvalue weighted by molar-refractivity contribution is 1.27. The number of benzene rings is 2. The Morgan fingerprint density at radius 3 is 2.06 bits per heavy atom. The monoisotopic (exact) mass is 208 g/mol. The molecule has 0 aromatic heterocycles. The molecular weight excluding hydrogens is 192 g/mol. The Morgan fingerprint density at radius 1 is 0.875 bits per heavy atom. The molecule has 0 heterocycles. The molecule has 0 radical (unpaired) electrons. The lowest BCUT2D eigenvalue weighted by atomic mass is 10.0. The Hall–Kier alpha value is -1.82. The zero-order valence-electron chi connectivity index (χ0n) is 9.56. The van der Waals surface area contributed by atoms with Crippen LogP contribution in [0.25, 0.3) is 5.57 Å². The summed E-state index contributed by atoms with van der Waals surface area (Å²) in [5.41, 5.74) is 4.00. The van der Waals surface area contributed by atoms with Crippen LogP contribution in [0.4, 0.5) is 0 Å². The van der Waals surface area contributed by atoms with E-state index >= 15 is 0 Å². The molecule has 0 atom stereocenters. The molecule has 0 N–H and O–H groups in total. The van der Waals surface area contributed by atoms with Crippen molar-refractivity contribution in [2.24, 2.45) is 0 Å². The van der Waals surface area contributed by atoms with E-state index in [1.165, 1.54) is 16.7 Å². The van der Waals surface area contributed by atoms with Crippen LogP contribution in [0.15, 0.2) is 66.7 Å². The number of rotatable bonds is 3. The average molecular weight is 208 g/mol. The van der Waals surface area contributed by atoms with Crippen LogP contribution in [-0.2, 0) is 6.42 Å². The van der Waals surface area contributed by atoms with Crippen LogP contribution in [-0.4, -0.2) is 0 Å². The summed E-state index contributed by atoms with van der Waals surface area (Å²) in [4.78, 5) is 0. The van der Waals surface area contributed by atoms with Crippen molar-refractivity contribution in [2.45, 2.75) is 13.3 Å². The smallest absolute Gasteiger partial charge is 0.00915 e. The first-order chi connectivity index (χ1) is 7.86. The molecule has 0 saturated carbocycles. The van der Waals surface area contributed by atoms with Crippen LogP contribution in [0, 0.1) is 0 Å². The van der Waals surface area contributed by atoms with Crippen molar-refractivity contribution in [1.82, 2.24) is 0 Å². The molecule has 2 rings (SSSR count). The molecule has 0 aliphatic heterocycles. The predicted octanol–water partition coefficient (Wildman–Crippen LogP) is 4.33. The third-order valence-electron chi connectivity index (χ3n) is 2.72. The summed E-state index contributed by atoms with van der Waals surface area (Å²) < 4.78 is 0. The Balaban J connectivity index is 2.09. The highest BCUT2D eigenvalue weighted by Gasteiger charge is 1.93. The summed E-state index contributed by atoms with van der Waals surface area (Å²) in [6.07, 6.45) is 3.28. The summed E-state index contributed by atoms with van der Waals surface area (Å²) in [5, 5.41) is 0. The molecule has 0 saturated heterocycles. The topological polar surface area (TPSA) is 0 Å². The highest BCUT2D eigenvalue weighted by molar-refractivity contribution is 5.63. The third kappa shape index (κ3) is 2.83. The van der Waals surface area contributed by atoms with E-state index in [0.717, 1.165) is 6.42 Å². The molecule has 0 unspecified atom stereocenters. The van der Waals surface area contributed by atoms with Crippen molar-refractivity contribution in [2.75, 3.05) is 0 Å². The summed E-state index contributed by atoms with van der Waals surface area (Å²) in [6, 6.07) is 21.1. The zero-order chi connectivity index (χ0) is 11.2. The van der Waals surface area contributed by atoms with Gasteiger partial charge in [-0.2, -0.15) is 0 Å². The molecule has 0 aliphatic carbocycles. The highest BCUT2D eigenvalue weighted by atomic mass is 14.0. The third-order valence-corrected chi connectivity index (χ3v) is 2.72. The molecule has 0 amide bonds. The van der Waals surface area contributed by atoms with Gasteiger partial charge in [-0.05, 0) is 30.0 Å². The van der Waals surface area contributed by atoms with E-state index in [4.69, 9.17) is 0 Å². The second kappa shape index (κ2) is 5.32. The Morgan fingerprint density at radius 2 is 1.44 bits per heavy atom. The van der Waals surface area contributed by atoms with Gasteiger partial charge in [0.05, 0.1) is 0 Å². The second-order valence-corrected chi connectivity index (χ2v) is 3.94. The quantitative estimate of drug-likeness (QED) is 0.704. The fraction of sp³-hybridized carbons (Fsp3) is 0.125. The number of hydrogen-bond donors (Lipinski definition) is 0. The van der Waals surface area contributed by atoms with E-state index in [0.29, 0.717) is 0 Å². The van der Waals surface area contributed by atoms with Gasteiger partial charge in [0.15, 0.2) is 0 Å². The maximum atomic E-state index is 2.28. The van der Waals surface area contributed by atoms with Gasteiger partial charge in [-0.3, -0.25) is 0 Å². The summed E-state index contributed by atoms with van der Waals surface area (Å²) in [6.45, 7) is 2.16. The van der Waals surface area contributed by atoms with Gasteiger partial charge in [0.1, 0.15) is 0 Å². The molecule has 0 aliphatic rings. The largest absolute Gasteiger partial charge is 0.0766 e. The maximum Gasteiger partial charge on any atom is -0.00915 e. The Bertz CT molecular complexity index is 452. The molecule has 0 nitrogen and oxygen atoms in total. The molecule has 0 heteroatoms. The van der Waals surface area contributed by atoms with E-state index in [1.807, 2.05) is 6.07 Å². The summed E-state index contributed by atoms with van der Waals surface area (Å²) in [7, 11) is 0. The second-order valence-electron chi connectivity index (χ2n) is 3.94. The van der Waals surface area contributed by atoms with Gasteiger partial charge in [0.25, 0.3) is 0 Å². The number of allylic oxidation sites excluding steroid dienone is 2. The normalized spacial score (nSPS) is 11.4. The lowest BCUT2D eigenvalue weighted by Crippen LogP contribution is -1.83. The summed E-state index contributed by atoms with van der Waals surface area (Å²) in [5.74, 6) is 0. The first-order valence-corrected chi connectivity index (χ1v) is 5.62. The summed E-state index contributed by atoms with van der Waals surface area (Å²) >= 11 is 0. The standard InChI is InChI=1S/C16H16/c1-14(16-10-6-3-7-11-16)12-13-15-8-4-2-5-9-15/h2-12H,13H2,1H3. The zero-order valence-corrected chi connectivity index (χ0v) is 9.56. The van der Waals surface area contributed by atoms with Gasteiger partial charge in [-0.15, -0.1) is 0 Å². The van der Waals surface area contributed by atoms with Crippen molar-refractivity contribution in [3.8, 4) is 0 Å². The van der Waals surface area contributed by atoms with Gasteiger partial charge in [0, 0.05) is 0 Å². The van der Waals surface area contributed by atoms with Crippen molar-refractivity contribution in [3.05, 3.63) is 77.9 Å². The lowest BCUT2D eigenvalue weighted by Gasteiger charge is -2.01. The van der Waals surface area contributed by atoms with Crippen LogP contribution in [0.2, 0.25) is 0 Å². The Kier molecular flexibility index (Phi) is 3.55. The predicted molar refractivity (Wildman–Crippen MR) is 70.2 cm³/mol. The molecule has 0 fully saturated rings. The van der Waals surface area contributed by atoms with Crippen LogP contribution in [0.5, 0.6) is 0 Å². The minimum absolute atomic E-state index is 1.00. The average Bonchev–Trinajstić information content (AvgIpc) is 2.38. The van der Waals surface area contributed by atoms with E-state index in [1.54, 1.807) is 0 Å². The van der Waals surface area contributed by atoms with Crippen molar-refractivity contribution >= 4 is 5.57 Å². The van der Waals surface area contributed by atoms with E-state index in [-0.39, 0.29) is 0 Å². The van der Waals surface area contributed by atoms with Gasteiger partial charge in [-0.1, -0.05) is 66.7 Å². The van der Waals surface area contributed by atoms with Gasteiger partial charge >= 0.3 is 0 Å². The highest BCUT2D eigenvalue weighted by Crippen LogP contribution is 2.14. The molecule has 0 bridgehead atoms. The first kappa shape index (κ1) is 10.7. The molecule has 16 heavy (non-hydrogen) atoms. The fourth-order valence-electron chi connectivity index (χ4n) is 1.70. The van der Waals surface area contributed by atoms with Gasteiger partial charge in [0.2, 0.25) is 0 Å². The van der Waals surface area contributed by atoms with E-state index < -0.39 is 0 Å². The molecule has 0 spiro atoms.